The lowest BCUT2D eigenvalue weighted by Gasteiger charge is -2.34. The lowest BCUT2D eigenvalue weighted by atomic mass is 10.0. The smallest absolute Gasteiger partial charge is 0.457 e. The third kappa shape index (κ3) is 4.53. The zero-order valence-corrected chi connectivity index (χ0v) is 13.4. The van der Waals surface area contributed by atoms with Gasteiger partial charge in [0.15, 0.2) is 0 Å². The predicted molar refractivity (Wildman–Crippen MR) is 82.0 cm³/mol. The van der Waals surface area contributed by atoms with E-state index in [0.29, 0.717) is 6.54 Å². The molecule has 0 radical (unpaired) electrons. The maximum Gasteiger partial charge on any atom is 0.463 e. The number of ether oxygens (including phenoxy) is 1. The molecule has 118 valence electrons. The van der Waals surface area contributed by atoms with Crippen molar-refractivity contribution in [3.63, 3.8) is 0 Å². The predicted octanol–water partition coefficient (Wildman–Crippen LogP) is 2.05. The largest absolute Gasteiger partial charge is 0.463 e. The average molecular weight is 303 g/mol. The second-order valence-corrected chi connectivity index (χ2v) is 5.72. The van der Waals surface area contributed by atoms with E-state index in [2.05, 4.69) is 4.79 Å². The molecule has 0 aromatic heterocycles. The van der Waals surface area contributed by atoms with Crippen LogP contribution in [0.25, 0.3) is 5.53 Å². The van der Waals surface area contributed by atoms with Gasteiger partial charge in [-0.1, -0.05) is 30.3 Å². The second kappa shape index (κ2) is 7.52. The zero-order chi connectivity index (χ0) is 16.8. The van der Waals surface area contributed by atoms with E-state index in [1.165, 1.54) is 4.90 Å². The first kappa shape index (κ1) is 17.6. The van der Waals surface area contributed by atoms with E-state index in [-0.39, 0.29) is 6.61 Å². The molecule has 6 nitrogen and oxygen atoms in total. The normalized spacial score (nSPS) is 10.5. The molecule has 0 saturated carbocycles. The number of carbonyl (C=O) groups excluding carboxylic acids is 2. The molecule has 0 aliphatic carbocycles. The minimum Gasteiger partial charge on any atom is -0.457 e. The number of carbonyl (C=O) groups is 2. The van der Waals surface area contributed by atoms with E-state index in [4.69, 9.17) is 10.3 Å². The highest BCUT2D eigenvalue weighted by molar-refractivity contribution is 6.61. The summed E-state index contributed by atoms with van der Waals surface area (Å²) in [4.78, 5) is 28.6. The van der Waals surface area contributed by atoms with Crippen LogP contribution in [-0.2, 0) is 20.9 Å². The van der Waals surface area contributed by atoms with E-state index < -0.39 is 23.1 Å². The minimum atomic E-state index is -0.933. The molecule has 6 heteroatoms. The van der Waals surface area contributed by atoms with E-state index >= 15 is 0 Å². The van der Waals surface area contributed by atoms with Crippen LogP contribution in [-0.4, -0.2) is 39.4 Å². The minimum absolute atomic E-state index is 0.0966. The van der Waals surface area contributed by atoms with Crippen LogP contribution in [0.4, 0.5) is 0 Å². The van der Waals surface area contributed by atoms with Gasteiger partial charge in [-0.2, -0.15) is 4.79 Å². The molecule has 22 heavy (non-hydrogen) atoms. The zero-order valence-electron chi connectivity index (χ0n) is 13.4. The highest BCUT2D eigenvalue weighted by atomic mass is 16.5. The van der Waals surface area contributed by atoms with Crippen LogP contribution in [0.5, 0.6) is 0 Å². The molecule has 0 aliphatic heterocycles. The third-order valence-corrected chi connectivity index (χ3v) is 3.01. The van der Waals surface area contributed by atoms with Crippen molar-refractivity contribution in [3.8, 4) is 0 Å². The van der Waals surface area contributed by atoms with Gasteiger partial charge in [-0.05, 0) is 33.3 Å². The van der Waals surface area contributed by atoms with Gasteiger partial charge in [0.2, 0.25) is 0 Å². The summed E-state index contributed by atoms with van der Waals surface area (Å²) < 4.78 is 4.75. The summed E-state index contributed by atoms with van der Waals surface area (Å²) in [5, 5.41) is 0. The monoisotopic (exact) mass is 303 g/mol. The standard InChI is InChI=1S/C16H21N3O3/c1-5-22-15(21)13(18-17)14(20)19(16(2,3)4)11-12-9-7-6-8-10-12/h6-10H,5,11H2,1-4H3. The van der Waals surface area contributed by atoms with Gasteiger partial charge in [-0.15, -0.1) is 0 Å². The molecule has 0 unspecified atom stereocenters. The van der Waals surface area contributed by atoms with E-state index in [0.717, 1.165) is 5.56 Å². The Kier molecular flexibility index (Phi) is 6.01. The summed E-state index contributed by atoms with van der Waals surface area (Å²) in [6.07, 6.45) is 0. The molecule has 1 aromatic rings. The van der Waals surface area contributed by atoms with Gasteiger partial charge in [0.25, 0.3) is 0 Å². The molecule has 1 rings (SSSR count). The van der Waals surface area contributed by atoms with Gasteiger partial charge in [0, 0.05) is 12.1 Å². The molecule has 0 bridgehead atoms. The first-order chi connectivity index (χ1) is 10.3. The first-order valence-electron chi connectivity index (χ1n) is 7.06. The Morgan fingerprint density at radius 1 is 1.23 bits per heavy atom. The molecule has 0 heterocycles. The summed E-state index contributed by atoms with van der Waals surface area (Å²) in [5.74, 6) is -1.60. The molecule has 0 saturated heterocycles. The summed E-state index contributed by atoms with van der Waals surface area (Å²) >= 11 is 0. The van der Waals surface area contributed by atoms with Crippen molar-refractivity contribution in [2.75, 3.05) is 6.61 Å². The van der Waals surface area contributed by atoms with Crippen molar-refractivity contribution in [1.29, 1.82) is 0 Å². The summed E-state index contributed by atoms with van der Waals surface area (Å²) in [7, 11) is 0. The molecular formula is C16H21N3O3. The van der Waals surface area contributed by atoms with Gasteiger partial charge < -0.3 is 15.2 Å². The second-order valence-electron chi connectivity index (χ2n) is 5.72. The van der Waals surface area contributed by atoms with Crippen molar-refractivity contribution >= 4 is 17.6 Å². The Bertz CT molecular complexity index is 584. The Balaban J connectivity index is 3.09. The molecule has 1 aromatic carbocycles. The number of nitrogens with zero attached hydrogens (tertiary/aromatic N) is 3. The van der Waals surface area contributed by atoms with Crippen LogP contribution in [0, 0.1) is 0 Å². The summed E-state index contributed by atoms with van der Waals surface area (Å²) in [5.41, 5.74) is 8.74. The average Bonchev–Trinajstić information content (AvgIpc) is 2.45. The number of hydrogen-bond acceptors (Lipinski definition) is 3. The SMILES string of the molecule is CCOC(=O)C(=[N+]=[N-])C(=O)N(Cc1ccccc1)C(C)(C)C. The van der Waals surface area contributed by atoms with E-state index in [9.17, 15) is 9.59 Å². The Morgan fingerprint density at radius 3 is 2.27 bits per heavy atom. The highest BCUT2D eigenvalue weighted by Crippen LogP contribution is 2.18. The fourth-order valence-electron chi connectivity index (χ4n) is 1.88. The molecule has 1 amide bonds. The highest BCUT2D eigenvalue weighted by Gasteiger charge is 2.39. The topological polar surface area (TPSA) is 83.0 Å². The first-order valence-corrected chi connectivity index (χ1v) is 7.06. The number of benzene rings is 1. The van der Waals surface area contributed by atoms with Gasteiger partial charge in [-0.25, -0.2) is 4.79 Å². The quantitative estimate of drug-likeness (QED) is 0.274. The van der Waals surface area contributed by atoms with Crippen LogP contribution >= 0.6 is 0 Å². The molecule has 0 N–H and O–H groups in total. The van der Waals surface area contributed by atoms with Gasteiger partial charge in [-0.3, -0.25) is 4.79 Å². The lowest BCUT2D eigenvalue weighted by Crippen LogP contribution is -2.50. The Labute approximate surface area is 130 Å². The Morgan fingerprint density at radius 2 is 1.82 bits per heavy atom. The third-order valence-electron chi connectivity index (χ3n) is 3.01. The van der Waals surface area contributed by atoms with Crippen molar-refractivity contribution in [2.45, 2.75) is 39.8 Å². The van der Waals surface area contributed by atoms with Crippen LogP contribution in [0.1, 0.15) is 33.3 Å². The summed E-state index contributed by atoms with van der Waals surface area (Å²) in [6.45, 7) is 7.53. The molecular weight excluding hydrogens is 282 g/mol. The van der Waals surface area contributed by atoms with Crippen LogP contribution < -0.4 is 0 Å². The molecule has 0 fully saturated rings. The Hall–Kier alpha value is -2.46. The van der Waals surface area contributed by atoms with Crippen molar-refractivity contribution < 1.29 is 19.1 Å². The number of hydrogen-bond donors (Lipinski definition) is 0. The maximum atomic E-state index is 12.6. The van der Waals surface area contributed by atoms with Crippen molar-refractivity contribution in [1.82, 2.24) is 4.90 Å². The number of esters is 1. The van der Waals surface area contributed by atoms with Gasteiger partial charge in [0.05, 0.1) is 6.61 Å². The molecule has 0 atom stereocenters. The molecule has 0 spiro atoms. The van der Waals surface area contributed by atoms with Crippen molar-refractivity contribution in [3.05, 3.63) is 41.4 Å². The lowest BCUT2D eigenvalue weighted by molar-refractivity contribution is -0.145. The van der Waals surface area contributed by atoms with Crippen LogP contribution in [0.2, 0.25) is 0 Å². The number of amides is 1. The fraction of sp³-hybridized carbons (Fsp3) is 0.438. The molecule has 0 aliphatic rings. The van der Waals surface area contributed by atoms with Crippen molar-refractivity contribution in [2.24, 2.45) is 0 Å². The maximum absolute atomic E-state index is 12.6. The van der Waals surface area contributed by atoms with Gasteiger partial charge in [0.1, 0.15) is 0 Å². The summed E-state index contributed by atoms with van der Waals surface area (Å²) in [6, 6.07) is 9.38. The van der Waals surface area contributed by atoms with Crippen LogP contribution in [0.15, 0.2) is 30.3 Å². The van der Waals surface area contributed by atoms with Crippen LogP contribution in [0.3, 0.4) is 0 Å². The van der Waals surface area contributed by atoms with E-state index in [1.54, 1.807) is 6.92 Å². The fourth-order valence-corrected chi connectivity index (χ4v) is 1.88. The van der Waals surface area contributed by atoms with Gasteiger partial charge >= 0.3 is 17.6 Å². The van der Waals surface area contributed by atoms with E-state index in [1.807, 2.05) is 51.1 Å². The number of rotatable bonds is 5.